The molecule has 0 saturated carbocycles. The van der Waals surface area contributed by atoms with Crippen molar-refractivity contribution in [2.24, 2.45) is 0 Å². The fraction of sp³-hybridized carbons (Fsp3) is 0.125. The van der Waals surface area contributed by atoms with Gasteiger partial charge in [0.1, 0.15) is 0 Å². The van der Waals surface area contributed by atoms with E-state index in [1.807, 2.05) is 11.3 Å². The van der Waals surface area contributed by atoms with Crippen molar-refractivity contribution >= 4 is 27.1 Å². The third-order valence-electron chi connectivity index (χ3n) is 2.99. The molecule has 1 nitrogen and oxygen atoms in total. The van der Waals surface area contributed by atoms with Crippen molar-refractivity contribution in [1.29, 1.82) is 0 Å². The molecule has 0 amide bonds. The Balaban J connectivity index is 2.25. The number of nitrogens with one attached hydrogen (secondary N) is 1. The standard InChI is InChI=1S/C16H15NS/c1-2-17-15-13-10-6-7-11-14(13)18-16(15)12-8-4-3-5-9-12/h3-11,17H,2H2,1H3. The topological polar surface area (TPSA) is 12.0 Å². The van der Waals surface area contributed by atoms with E-state index in [-0.39, 0.29) is 0 Å². The monoisotopic (exact) mass is 253 g/mol. The van der Waals surface area contributed by atoms with Gasteiger partial charge in [-0.25, -0.2) is 0 Å². The van der Waals surface area contributed by atoms with Crippen LogP contribution in [0.2, 0.25) is 0 Å². The van der Waals surface area contributed by atoms with Gasteiger partial charge in [0.15, 0.2) is 0 Å². The molecule has 0 radical (unpaired) electrons. The molecule has 1 aromatic heterocycles. The molecule has 1 N–H and O–H groups in total. The number of anilines is 1. The highest BCUT2D eigenvalue weighted by molar-refractivity contribution is 7.23. The van der Waals surface area contributed by atoms with Gasteiger partial charge in [-0.1, -0.05) is 48.5 Å². The Hall–Kier alpha value is -1.80. The van der Waals surface area contributed by atoms with E-state index in [1.54, 1.807) is 0 Å². The van der Waals surface area contributed by atoms with Gasteiger partial charge in [0.2, 0.25) is 0 Å². The van der Waals surface area contributed by atoms with Gasteiger partial charge < -0.3 is 5.32 Å². The normalized spacial score (nSPS) is 10.7. The molecule has 90 valence electrons. The van der Waals surface area contributed by atoms with Crippen LogP contribution in [-0.4, -0.2) is 6.54 Å². The van der Waals surface area contributed by atoms with Gasteiger partial charge in [-0.3, -0.25) is 0 Å². The average molecular weight is 253 g/mol. The lowest BCUT2D eigenvalue weighted by atomic mass is 10.1. The zero-order valence-corrected chi connectivity index (χ0v) is 11.1. The third kappa shape index (κ3) is 1.89. The van der Waals surface area contributed by atoms with Gasteiger partial charge in [-0.15, -0.1) is 11.3 Å². The maximum absolute atomic E-state index is 3.51. The molecule has 0 fully saturated rings. The summed E-state index contributed by atoms with van der Waals surface area (Å²) in [6, 6.07) is 19.2. The van der Waals surface area contributed by atoms with Gasteiger partial charge in [0, 0.05) is 16.6 Å². The third-order valence-corrected chi connectivity index (χ3v) is 4.20. The fourth-order valence-corrected chi connectivity index (χ4v) is 3.38. The van der Waals surface area contributed by atoms with Crippen LogP contribution < -0.4 is 5.32 Å². The van der Waals surface area contributed by atoms with Crippen molar-refractivity contribution in [2.45, 2.75) is 6.92 Å². The molecule has 3 aromatic rings. The summed E-state index contributed by atoms with van der Waals surface area (Å²) >= 11 is 1.85. The first-order valence-corrected chi connectivity index (χ1v) is 7.02. The average Bonchev–Trinajstić information content (AvgIpc) is 2.80. The number of rotatable bonds is 3. The first-order valence-electron chi connectivity index (χ1n) is 6.21. The van der Waals surface area contributed by atoms with Gasteiger partial charge in [0.05, 0.1) is 10.6 Å². The predicted octanol–water partition coefficient (Wildman–Crippen LogP) is 5.00. The summed E-state index contributed by atoms with van der Waals surface area (Å²) in [5.74, 6) is 0. The second-order valence-electron chi connectivity index (χ2n) is 4.20. The van der Waals surface area contributed by atoms with E-state index in [0.29, 0.717) is 0 Å². The van der Waals surface area contributed by atoms with Crippen LogP contribution in [0.15, 0.2) is 54.6 Å². The first-order chi connectivity index (χ1) is 8.90. The van der Waals surface area contributed by atoms with Crippen molar-refractivity contribution in [3.8, 4) is 10.4 Å². The number of benzene rings is 2. The van der Waals surface area contributed by atoms with Crippen molar-refractivity contribution in [2.75, 3.05) is 11.9 Å². The van der Waals surface area contributed by atoms with Crippen LogP contribution in [0.4, 0.5) is 5.69 Å². The Kier molecular flexibility index (Phi) is 3.03. The maximum Gasteiger partial charge on any atom is 0.0609 e. The summed E-state index contributed by atoms with van der Waals surface area (Å²) in [6.45, 7) is 3.09. The van der Waals surface area contributed by atoms with Crippen LogP contribution in [-0.2, 0) is 0 Å². The summed E-state index contributed by atoms with van der Waals surface area (Å²) in [7, 11) is 0. The van der Waals surface area contributed by atoms with Crippen molar-refractivity contribution < 1.29 is 0 Å². The van der Waals surface area contributed by atoms with Crippen LogP contribution in [0, 0.1) is 0 Å². The van der Waals surface area contributed by atoms with Crippen molar-refractivity contribution in [1.82, 2.24) is 0 Å². The molecule has 0 aliphatic rings. The lowest BCUT2D eigenvalue weighted by Gasteiger charge is -2.06. The molecular weight excluding hydrogens is 238 g/mol. The summed E-state index contributed by atoms with van der Waals surface area (Å²) < 4.78 is 1.34. The molecule has 1 heterocycles. The Bertz CT molecular complexity index is 655. The van der Waals surface area contributed by atoms with E-state index < -0.39 is 0 Å². The Labute approximate surface area is 111 Å². The van der Waals surface area contributed by atoms with Gasteiger partial charge in [-0.2, -0.15) is 0 Å². The minimum Gasteiger partial charge on any atom is -0.384 e. The lowest BCUT2D eigenvalue weighted by molar-refractivity contribution is 1.22. The highest BCUT2D eigenvalue weighted by Crippen LogP contribution is 2.42. The predicted molar refractivity (Wildman–Crippen MR) is 81.4 cm³/mol. The van der Waals surface area contributed by atoms with Crippen molar-refractivity contribution in [3.05, 3.63) is 54.6 Å². The minimum atomic E-state index is 0.945. The van der Waals surface area contributed by atoms with Gasteiger partial charge in [0.25, 0.3) is 0 Å². The fourth-order valence-electron chi connectivity index (χ4n) is 2.19. The minimum absolute atomic E-state index is 0.945. The number of hydrogen-bond donors (Lipinski definition) is 1. The summed E-state index contributed by atoms with van der Waals surface area (Å²) in [5.41, 5.74) is 2.55. The first kappa shape index (κ1) is 11.3. The lowest BCUT2D eigenvalue weighted by Crippen LogP contribution is -1.96. The smallest absolute Gasteiger partial charge is 0.0609 e. The zero-order valence-electron chi connectivity index (χ0n) is 10.3. The molecule has 3 rings (SSSR count). The highest BCUT2D eigenvalue weighted by atomic mass is 32.1. The van der Waals surface area contributed by atoms with E-state index in [4.69, 9.17) is 0 Å². The van der Waals surface area contributed by atoms with Gasteiger partial charge >= 0.3 is 0 Å². The van der Waals surface area contributed by atoms with E-state index in [1.165, 1.54) is 26.2 Å². The van der Waals surface area contributed by atoms with Crippen LogP contribution in [0.1, 0.15) is 6.92 Å². The van der Waals surface area contributed by atoms with Crippen LogP contribution in [0.3, 0.4) is 0 Å². The summed E-state index contributed by atoms with van der Waals surface area (Å²) in [4.78, 5) is 1.33. The highest BCUT2D eigenvalue weighted by Gasteiger charge is 2.12. The van der Waals surface area contributed by atoms with Crippen LogP contribution in [0.25, 0.3) is 20.5 Å². The SMILES string of the molecule is CCNc1c(-c2ccccc2)sc2ccccc12. The molecule has 2 aromatic carbocycles. The second kappa shape index (κ2) is 4.83. The second-order valence-corrected chi connectivity index (χ2v) is 5.25. The Morgan fingerprint density at radius 3 is 2.44 bits per heavy atom. The quantitative estimate of drug-likeness (QED) is 0.692. The Morgan fingerprint density at radius 2 is 1.67 bits per heavy atom. The van der Waals surface area contributed by atoms with Gasteiger partial charge in [-0.05, 0) is 18.6 Å². The van der Waals surface area contributed by atoms with Crippen molar-refractivity contribution in [3.63, 3.8) is 0 Å². The largest absolute Gasteiger partial charge is 0.384 e. The molecule has 18 heavy (non-hydrogen) atoms. The van der Waals surface area contributed by atoms with E-state index in [2.05, 4.69) is 66.8 Å². The zero-order chi connectivity index (χ0) is 12.4. The van der Waals surface area contributed by atoms with E-state index in [0.717, 1.165) is 6.54 Å². The van der Waals surface area contributed by atoms with Crippen LogP contribution in [0.5, 0.6) is 0 Å². The van der Waals surface area contributed by atoms with E-state index >= 15 is 0 Å². The molecule has 0 atom stereocenters. The Morgan fingerprint density at radius 1 is 0.944 bits per heavy atom. The molecule has 0 saturated heterocycles. The molecule has 0 bridgehead atoms. The molecule has 0 aliphatic heterocycles. The molecule has 0 unspecified atom stereocenters. The van der Waals surface area contributed by atoms with Crippen LogP contribution >= 0.6 is 11.3 Å². The number of fused-ring (bicyclic) bond motifs is 1. The number of hydrogen-bond acceptors (Lipinski definition) is 2. The summed E-state index contributed by atoms with van der Waals surface area (Å²) in [6.07, 6.45) is 0. The maximum atomic E-state index is 3.51. The van der Waals surface area contributed by atoms with E-state index in [9.17, 15) is 0 Å². The molecule has 0 aliphatic carbocycles. The molecule has 0 spiro atoms. The summed E-state index contributed by atoms with van der Waals surface area (Å²) in [5, 5.41) is 4.83. The molecule has 2 heteroatoms. The number of thiophene rings is 1. The molecular formula is C16H15NS.